The number of aromatic nitrogens is 1. The third kappa shape index (κ3) is 3.30. The van der Waals surface area contributed by atoms with Gasteiger partial charge >= 0.3 is 0 Å². The summed E-state index contributed by atoms with van der Waals surface area (Å²) in [5.41, 5.74) is 16.6. The first-order valence-electron chi connectivity index (χ1n) is 6.40. The zero-order valence-electron chi connectivity index (χ0n) is 11.5. The van der Waals surface area contributed by atoms with Crippen LogP contribution >= 0.6 is 0 Å². The van der Waals surface area contributed by atoms with Gasteiger partial charge in [-0.3, -0.25) is 4.99 Å². The van der Waals surface area contributed by atoms with Gasteiger partial charge in [0.25, 0.3) is 0 Å². The van der Waals surface area contributed by atoms with Gasteiger partial charge in [-0.1, -0.05) is 0 Å². The number of fused-ring (bicyclic) bond motifs is 1. The van der Waals surface area contributed by atoms with Crippen molar-refractivity contribution in [3.8, 4) is 0 Å². The van der Waals surface area contributed by atoms with Crippen molar-refractivity contribution in [1.29, 1.82) is 0 Å². The predicted octanol–water partition coefficient (Wildman–Crippen LogP) is 1.16. The van der Waals surface area contributed by atoms with E-state index in [9.17, 15) is 13.2 Å². The van der Waals surface area contributed by atoms with Crippen molar-refractivity contribution in [2.45, 2.75) is 12.8 Å². The van der Waals surface area contributed by atoms with Crippen LogP contribution in [0.25, 0.3) is 5.83 Å². The van der Waals surface area contributed by atoms with Gasteiger partial charge in [0.15, 0.2) is 23.4 Å². The summed E-state index contributed by atoms with van der Waals surface area (Å²) in [7, 11) is 0. The van der Waals surface area contributed by atoms with Gasteiger partial charge < -0.3 is 22.2 Å². The van der Waals surface area contributed by atoms with Gasteiger partial charge in [-0.05, 0) is 18.1 Å². The number of rotatable bonds is 3. The second kappa shape index (κ2) is 6.37. The molecule has 1 aromatic rings. The first-order chi connectivity index (χ1) is 10.4. The van der Waals surface area contributed by atoms with Crippen LogP contribution in [0.4, 0.5) is 13.2 Å². The lowest BCUT2D eigenvalue weighted by Gasteiger charge is -2.03. The van der Waals surface area contributed by atoms with Crippen LogP contribution < -0.4 is 17.2 Å². The molecule has 0 aromatic carbocycles. The summed E-state index contributed by atoms with van der Waals surface area (Å²) in [6, 6.07) is 0. The lowest BCUT2D eigenvalue weighted by molar-refractivity contribution is 0.530. The standard InChI is InChI=1S/C13H15F3N6/c14-7-1-2-8-9(11(16)10(7)15)6(5-21-8)3-4-20-13(19)22-12(17)18/h1,5,21H,2-4H2,(H6,17,18,19,20,22). The summed E-state index contributed by atoms with van der Waals surface area (Å²) in [6.45, 7) is 0.164. The Hall–Kier alpha value is -2.71. The highest BCUT2D eigenvalue weighted by Gasteiger charge is 2.23. The minimum Gasteiger partial charge on any atom is -0.370 e. The van der Waals surface area contributed by atoms with E-state index in [1.807, 2.05) is 0 Å². The quantitative estimate of drug-likeness (QED) is 0.495. The number of hydrogen-bond acceptors (Lipinski definition) is 1. The second-order valence-electron chi connectivity index (χ2n) is 4.58. The molecule has 0 atom stereocenters. The molecule has 0 saturated carbocycles. The van der Waals surface area contributed by atoms with Crippen LogP contribution in [0.3, 0.4) is 0 Å². The van der Waals surface area contributed by atoms with Crippen molar-refractivity contribution in [3.63, 3.8) is 0 Å². The number of nitrogens with two attached hydrogens (primary N) is 3. The number of aromatic amines is 1. The molecule has 1 heterocycles. The lowest BCUT2D eigenvalue weighted by Crippen LogP contribution is -2.26. The van der Waals surface area contributed by atoms with E-state index in [0.29, 0.717) is 11.3 Å². The van der Waals surface area contributed by atoms with E-state index < -0.39 is 17.5 Å². The molecule has 1 aliphatic rings. The minimum absolute atomic E-state index is 0.0250. The van der Waals surface area contributed by atoms with Crippen LogP contribution in [-0.2, 0) is 12.8 Å². The Labute approximate surface area is 124 Å². The van der Waals surface area contributed by atoms with Crippen LogP contribution in [0, 0.1) is 0 Å². The summed E-state index contributed by atoms with van der Waals surface area (Å²) >= 11 is 0. The number of H-pyrrole nitrogens is 1. The molecule has 9 heteroatoms. The maximum Gasteiger partial charge on any atom is 0.218 e. The van der Waals surface area contributed by atoms with Gasteiger partial charge in [-0.25, -0.2) is 13.2 Å². The van der Waals surface area contributed by atoms with E-state index in [0.717, 1.165) is 6.08 Å². The summed E-state index contributed by atoms with van der Waals surface area (Å²) in [4.78, 5) is 10.2. The summed E-state index contributed by atoms with van der Waals surface area (Å²) in [5.74, 6) is -4.27. The van der Waals surface area contributed by atoms with Crippen LogP contribution in [-0.4, -0.2) is 23.4 Å². The zero-order valence-corrected chi connectivity index (χ0v) is 11.5. The number of halogens is 3. The first-order valence-corrected chi connectivity index (χ1v) is 6.40. The molecule has 22 heavy (non-hydrogen) atoms. The minimum atomic E-state index is -1.50. The first kappa shape index (κ1) is 15.7. The molecule has 0 aliphatic heterocycles. The fraction of sp³-hybridized carbons (Fsp3) is 0.231. The maximum absolute atomic E-state index is 14.0. The Morgan fingerprint density at radius 2 is 1.91 bits per heavy atom. The van der Waals surface area contributed by atoms with Crippen molar-refractivity contribution >= 4 is 17.7 Å². The molecule has 0 unspecified atom stereocenters. The van der Waals surface area contributed by atoms with Gasteiger partial charge in [0.2, 0.25) is 5.96 Å². The Kier molecular flexibility index (Phi) is 4.54. The molecule has 0 fully saturated rings. The number of nitrogens with zero attached hydrogens (tertiary/aromatic N) is 2. The van der Waals surface area contributed by atoms with Gasteiger partial charge in [0.1, 0.15) is 0 Å². The van der Waals surface area contributed by atoms with E-state index in [-0.39, 0.29) is 36.9 Å². The molecular formula is C13H15F3N6. The SMILES string of the molecule is NC(N)=NC(N)=NCCc1c[nH]c2c1C(F)=C(F)C(F)=CC2. The normalized spacial score (nSPS) is 15.2. The van der Waals surface area contributed by atoms with Crippen molar-refractivity contribution in [2.24, 2.45) is 27.2 Å². The fourth-order valence-electron chi connectivity index (χ4n) is 2.10. The highest BCUT2D eigenvalue weighted by atomic mass is 19.2. The molecule has 118 valence electrons. The average molecular weight is 312 g/mol. The van der Waals surface area contributed by atoms with E-state index in [1.54, 1.807) is 0 Å². The maximum atomic E-state index is 14.0. The van der Waals surface area contributed by atoms with Gasteiger partial charge in [-0.15, -0.1) is 0 Å². The van der Waals surface area contributed by atoms with E-state index in [1.165, 1.54) is 6.20 Å². The highest BCUT2D eigenvalue weighted by Crippen LogP contribution is 2.35. The van der Waals surface area contributed by atoms with Crippen LogP contribution in [0.15, 0.2) is 33.9 Å². The Balaban J connectivity index is 2.20. The number of allylic oxidation sites excluding steroid dienone is 3. The number of nitrogens with one attached hydrogen (secondary N) is 1. The monoisotopic (exact) mass is 312 g/mol. The summed E-state index contributed by atoms with van der Waals surface area (Å²) in [6.07, 6.45) is 2.84. The van der Waals surface area contributed by atoms with Crippen LogP contribution in [0.5, 0.6) is 0 Å². The zero-order chi connectivity index (χ0) is 16.3. The number of guanidine groups is 2. The molecule has 7 N–H and O–H groups in total. The molecular weight excluding hydrogens is 297 g/mol. The molecule has 0 bridgehead atoms. The Bertz CT molecular complexity index is 695. The number of aliphatic imine (C=N–C) groups is 2. The Morgan fingerprint density at radius 1 is 1.18 bits per heavy atom. The predicted molar refractivity (Wildman–Crippen MR) is 78.8 cm³/mol. The van der Waals surface area contributed by atoms with Gasteiger partial charge in [0, 0.05) is 30.4 Å². The lowest BCUT2D eigenvalue weighted by atomic mass is 10.1. The van der Waals surface area contributed by atoms with Gasteiger partial charge in [0.05, 0.1) is 0 Å². The average Bonchev–Trinajstić information content (AvgIpc) is 2.80. The van der Waals surface area contributed by atoms with Crippen LogP contribution in [0.2, 0.25) is 0 Å². The van der Waals surface area contributed by atoms with E-state index in [2.05, 4.69) is 15.0 Å². The van der Waals surface area contributed by atoms with Crippen LogP contribution in [0.1, 0.15) is 16.8 Å². The molecule has 0 saturated heterocycles. The molecule has 0 amide bonds. The molecule has 0 spiro atoms. The van der Waals surface area contributed by atoms with Crippen molar-refractivity contribution in [2.75, 3.05) is 6.54 Å². The van der Waals surface area contributed by atoms with Crippen molar-refractivity contribution < 1.29 is 13.2 Å². The van der Waals surface area contributed by atoms with E-state index in [4.69, 9.17) is 17.2 Å². The molecule has 2 rings (SSSR count). The third-order valence-corrected chi connectivity index (χ3v) is 3.05. The van der Waals surface area contributed by atoms with E-state index >= 15 is 0 Å². The summed E-state index contributed by atoms with van der Waals surface area (Å²) in [5, 5.41) is 0. The highest BCUT2D eigenvalue weighted by molar-refractivity contribution is 5.92. The second-order valence-corrected chi connectivity index (χ2v) is 4.58. The fourth-order valence-corrected chi connectivity index (χ4v) is 2.10. The van der Waals surface area contributed by atoms with Crippen molar-refractivity contribution in [1.82, 2.24) is 4.98 Å². The number of hydrogen-bond donors (Lipinski definition) is 4. The molecule has 6 nitrogen and oxygen atoms in total. The molecule has 1 aliphatic carbocycles. The smallest absolute Gasteiger partial charge is 0.218 e. The largest absolute Gasteiger partial charge is 0.370 e. The third-order valence-electron chi connectivity index (χ3n) is 3.05. The topological polar surface area (TPSA) is 119 Å². The Morgan fingerprint density at radius 3 is 2.59 bits per heavy atom. The molecule has 1 aromatic heterocycles. The summed E-state index contributed by atoms with van der Waals surface area (Å²) < 4.78 is 40.8. The van der Waals surface area contributed by atoms with Crippen molar-refractivity contribution in [3.05, 3.63) is 40.7 Å². The van der Waals surface area contributed by atoms with Gasteiger partial charge in [-0.2, -0.15) is 4.99 Å². The molecule has 0 radical (unpaired) electrons.